The van der Waals surface area contributed by atoms with Crippen molar-refractivity contribution in [3.05, 3.63) is 0 Å². The Morgan fingerprint density at radius 2 is 2.09 bits per heavy atom. The van der Waals surface area contributed by atoms with E-state index in [2.05, 4.69) is 4.40 Å². The Balaban J connectivity index is 4.07. The third-order valence-corrected chi connectivity index (χ3v) is 2.13. The topological polar surface area (TPSA) is 72.7 Å². The summed E-state index contributed by atoms with van der Waals surface area (Å²) >= 11 is -1.47. The maximum absolute atomic E-state index is 11.0. The van der Waals surface area contributed by atoms with Crippen molar-refractivity contribution in [2.24, 2.45) is 4.40 Å². The molecule has 11 heavy (non-hydrogen) atoms. The van der Waals surface area contributed by atoms with Gasteiger partial charge >= 0.3 is 5.97 Å². The average Bonchev–Trinajstić information content (AvgIpc) is 1.80. The third-order valence-electron chi connectivity index (χ3n) is 0.783. The van der Waals surface area contributed by atoms with Gasteiger partial charge in [-0.25, -0.2) is 4.79 Å². The fraction of sp³-hybridized carbons (Fsp3) is 0.667. The van der Waals surface area contributed by atoms with Gasteiger partial charge in [-0.05, 0) is 20.8 Å². The van der Waals surface area contributed by atoms with Crippen molar-refractivity contribution in [3.63, 3.8) is 0 Å². The Morgan fingerprint density at radius 1 is 1.64 bits per heavy atom. The molecule has 0 spiro atoms. The lowest BCUT2D eigenvalue weighted by atomic mass is 10.3. The van der Waals surface area contributed by atoms with Crippen LogP contribution in [0.1, 0.15) is 20.8 Å². The molecule has 0 aliphatic heterocycles. The molecule has 0 saturated carbocycles. The van der Waals surface area contributed by atoms with Crippen molar-refractivity contribution < 1.29 is 14.5 Å². The second kappa shape index (κ2) is 3.73. The van der Waals surface area contributed by atoms with Crippen LogP contribution >= 0.6 is 0 Å². The highest BCUT2D eigenvalue weighted by atomic mass is 32.2. The summed E-state index contributed by atoms with van der Waals surface area (Å²) < 4.78 is 13.9. The highest BCUT2D eigenvalue weighted by Crippen LogP contribution is 2.15. The molecule has 0 rings (SSSR count). The Hall–Kier alpha value is -0.550. The molecule has 0 bridgehead atoms. The number of carbonyl (C=O) groups is 1. The Labute approximate surface area is 68.6 Å². The first kappa shape index (κ1) is 10.4. The smallest absolute Gasteiger partial charge is 0.351 e. The fourth-order valence-corrected chi connectivity index (χ4v) is 0.753. The van der Waals surface area contributed by atoms with E-state index in [9.17, 15) is 9.35 Å². The number of aliphatic carboxylic acids is 1. The van der Waals surface area contributed by atoms with Crippen molar-refractivity contribution in [1.82, 2.24) is 0 Å². The number of rotatable bonds is 2. The molecule has 4 nitrogen and oxygen atoms in total. The highest BCUT2D eigenvalue weighted by Gasteiger charge is 2.25. The zero-order valence-corrected chi connectivity index (χ0v) is 7.51. The van der Waals surface area contributed by atoms with Crippen molar-refractivity contribution in [2.75, 3.05) is 0 Å². The van der Waals surface area contributed by atoms with Crippen molar-refractivity contribution in [2.45, 2.75) is 25.5 Å². The summed E-state index contributed by atoms with van der Waals surface area (Å²) in [6.45, 7) is 5.17. The number of carboxylic acids is 1. The minimum absolute atomic E-state index is 0.494. The summed E-state index contributed by atoms with van der Waals surface area (Å²) in [6.07, 6.45) is 0.654. The summed E-state index contributed by atoms with van der Waals surface area (Å²) in [5.74, 6) is -1.18. The quantitative estimate of drug-likeness (QED) is 0.496. The summed E-state index contributed by atoms with van der Waals surface area (Å²) in [5.41, 5.74) is 0. The van der Waals surface area contributed by atoms with Gasteiger partial charge in [-0.2, -0.15) is 0 Å². The van der Waals surface area contributed by atoms with Crippen molar-refractivity contribution >= 4 is 23.5 Å². The largest absolute Gasteiger partial charge is 0.591 e. The second-order valence-corrected chi connectivity index (χ2v) is 4.87. The van der Waals surface area contributed by atoms with Crippen LogP contribution in [0.4, 0.5) is 0 Å². The Bertz CT molecular complexity index is 173. The maximum Gasteiger partial charge on any atom is 0.351 e. The van der Waals surface area contributed by atoms with E-state index in [1.54, 1.807) is 20.8 Å². The van der Waals surface area contributed by atoms with E-state index in [0.717, 1.165) is 0 Å². The lowest BCUT2D eigenvalue weighted by molar-refractivity contribution is -0.128. The second-order valence-electron chi connectivity index (χ2n) is 2.93. The predicted octanol–water partition coefficient (Wildman–Crippen LogP) is 0.604. The summed E-state index contributed by atoms with van der Waals surface area (Å²) in [4.78, 5) is 9.95. The van der Waals surface area contributed by atoms with Gasteiger partial charge in [-0.15, -0.1) is 0 Å². The Morgan fingerprint density at radius 3 is 2.36 bits per heavy atom. The number of hydrogen-bond acceptors (Lipinski definition) is 3. The monoisotopic (exact) mass is 177 g/mol. The van der Waals surface area contributed by atoms with E-state index in [1.807, 2.05) is 0 Å². The van der Waals surface area contributed by atoms with E-state index in [-0.39, 0.29) is 0 Å². The molecule has 0 aliphatic rings. The molecule has 0 heterocycles. The van der Waals surface area contributed by atoms with E-state index in [1.165, 1.54) is 0 Å². The standard InChI is InChI=1S/C6H11NO3S/c1-6(2,3)11(10)7-4-5(8)9/h4H,1-3H3,(H,8,9). The maximum atomic E-state index is 11.0. The van der Waals surface area contributed by atoms with Crippen molar-refractivity contribution in [1.29, 1.82) is 0 Å². The average molecular weight is 177 g/mol. The molecular formula is C6H11NO3S. The molecule has 0 amide bonds. The lowest BCUT2D eigenvalue weighted by Crippen LogP contribution is -2.26. The molecule has 0 aromatic rings. The summed E-state index contributed by atoms with van der Waals surface area (Å²) in [7, 11) is 0. The van der Waals surface area contributed by atoms with Gasteiger partial charge in [-0.3, -0.25) is 0 Å². The molecule has 0 aliphatic carbocycles. The molecule has 0 aromatic heterocycles. The predicted molar refractivity (Wildman–Crippen MR) is 44.0 cm³/mol. The SMILES string of the molecule is CC(C)(C)[S+]([O-])N=CC(=O)O. The minimum Gasteiger partial charge on any atom is -0.591 e. The molecule has 0 aromatic carbocycles. The number of carboxylic acid groups (broad SMARTS) is 1. The van der Waals surface area contributed by atoms with Gasteiger partial charge in [0, 0.05) is 0 Å². The van der Waals surface area contributed by atoms with Crippen LogP contribution in [0.25, 0.3) is 0 Å². The third kappa shape index (κ3) is 4.80. The van der Waals surface area contributed by atoms with Crippen LogP contribution < -0.4 is 0 Å². The van der Waals surface area contributed by atoms with Crippen LogP contribution in [0.3, 0.4) is 0 Å². The molecule has 1 atom stereocenters. The van der Waals surface area contributed by atoms with Crippen LogP contribution in [0, 0.1) is 0 Å². The number of hydrogen-bond donors (Lipinski definition) is 1. The van der Waals surface area contributed by atoms with Gasteiger partial charge in [0.15, 0.2) is 6.21 Å². The van der Waals surface area contributed by atoms with E-state index in [0.29, 0.717) is 6.21 Å². The van der Waals surface area contributed by atoms with E-state index in [4.69, 9.17) is 5.11 Å². The lowest BCUT2D eigenvalue weighted by Gasteiger charge is -2.17. The summed E-state index contributed by atoms with van der Waals surface area (Å²) in [5, 5.41) is 8.14. The van der Waals surface area contributed by atoms with Gasteiger partial charge in [-0.1, -0.05) is 4.40 Å². The molecule has 1 unspecified atom stereocenters. The van der Waals surface area contributed by atoms with Gasteiger partial charge in [0.1, 0.15) is 16.1 Å². The summed E-state index contributed by atoms with van der Waals surface area (Å²) in [6, 6.07) is 0. The molecule has 64 valence electrons. The van der Waals surface area contributed by atoms with Crippen LogP contribution in [-0.4, -0.2) is 26.6 Å². The minimum atomic E-state index is -1.47. The van der Waals surface area contributed by atoms with Gasteiger partial charge in [0.05, 0.1) is 0 Å². The molecule has 1 N–H and O–H groups in total. The van der Waals surface area contributed by atoms with Crippen LogP contribution in [0.15, 0.2) is 4.40 Å². The van der Waals surface area contributed by atoms with Crippen LogP contribution in [0.5, 0.6) is 0 Å². The van der Waals surface area contributed by atoms with E-state index < -0.39 is 22.1 Å². The van der Waals surface area contributed by atoms with Gasteiger partial charge in [0.2, 0.25) is 0 Å². The normalized spacial score (nSPS) is 15.3. The zero-order valence-electron chi connectivity index (χ0n) is 6.70. The van der Waals surface area contributed by atoms with E-state index >= 15 is 0 Å². The molecule has 0 radical (unpaired) electrons. The van der Waals surface area contributed by atoms with Gasteiger partial charge < -0.3 is 9.66 Å². The zero-order chi connectivity index (χ0) is 9.07. The first-order valence-corrected chi connectivity index (χ1v) is 4.13. The van der Waals surface area contributed by atoms with Crippen LogP contribution in [0.2, 0.25) is 0 Å². The fourth-order valence-electron chi connectivity index (χ4n) is 0.251. The first-order chi connectivity index (χ1) is 4.84. The molecule has 0 saturated heterocycles. The molecular weight excluding hydrogens is 166 g/mol. The Kier molecular flexibility index (Phi) is 3.54. The van der Waals surface area contributed by atoms with Crippen molar-refractivity contribution in [3.8, 4) is 0 Å². The first-order valence-electron chi connectivity index (χ1n) is 3.03. The molecule has 5 heteroatoms. The highest BCUT2D eigenvalue weighted by molar-refractivity contribution is 7.91. The van der Waals surface area contributed by atoms with Gasteiger partial charge in [0.25, 0.3) is 0 Å². The van der Waals surface area contributed by atoms with Crippen LogP contribution in [-0.2, 0) is 16.2 Å². The number of nitrogens with zero attached hydrogens (tertiary/aromatic N) is 1. The molecule has 0 fully saturated rings.